The molecule has 1 atom stereocenters. The molecule has 0 fully saturated rings. The number of rotatable bonds is 7. The Morgan fingerprint density at radius 2 is 1.96 bits per heavy atom. The van der Waals surface area contributed by atoms with E-state index < -0.39 is 6.10 Å². The molecule has 0 spiro atoms. The van der Waals surface area contributed by atoms with Gasteiger partial charge in [-0.15, -0.1) is 11.3 Å². The Hall–Kier alpha value is -2.08. The molecular weight excluding hydrogens is 415 g/mol. The lowest BCUT2D eigenvalue weighted by Gasteiger charge is -2.15. The zero-order valence-corrected chi connectivity index (χ0v) is 17.9. The van der Waals surface area contributed by atoms with Gasteiger partial charge in [0.1, 0.15) is 5.75 Å². The predicted octanol–water partition coefficient (Wildman–Crippen LogP) is 5.55. The lowest BCUT2D eigenvalue weighted by molar-refractivity contribution is -0.127. The molecule has 1 N–H and O–H groups in total. The van der Waals surface area contributed by atoms with Crippen LogP contribution in [0.5, 0.6) is 5.75 Å². The fourth-order valence-corrected chi connectivity index (χ4v) is 3.70. The van der Waals surface area contributed by atoms with Crippen LogP contribution in [-0.2, 0) is 11.2 Å². The van der Waals surface area contributed by atoms with Crippen molar-refractivity contribution in [2.24, 2.45) is 0 Å². The fraction of sp³-hybridized carbons (Fsp3) is 0.238. The first kappa shape index (κ1) is 20.6. The summed E-state index contributed by atoms with van der Waals surface area (Å²) in [5, 5.41) is 6.89. The summed E-state index contributed by atoms with van der Waals surface area (Å²) in [6.45, 7) is 4.21. The van der Waals surface area contributed by atoms with Crippen molar-refractivity contribution in [3.63, 3.8) is 0 Å². The molecular formula is C21H20Cl2N2O2S. The van der Waals surface area contributed by atoms with E-state index in [1.165, 1.54) is 0 Å². The first-order valence-electron chi connectivity index (χ1n) is 8.83. The molecule has 1 unspecified atom stereocenters. The van der Waals surface area contributed by atoms with Crippen LogP contribution in [-0.4, -0.2) is 23.5 Å². The van der Waals surface area contributed by atoms with Gasteiger partial charge >= 0.3 is 0 Å². The third kappa shape index (κ3) is 5.47. The van der Waals surface area contributed by atoms with Crippen LogP contribution < -0.4 is 10.1 Å². The molecule has 2 aromatic carbocycles. The highest BCUT2D eigenvalue weighted by Crippen LogP contribution is 2.28. The molecule has 7 heteroatoms. The molecule has 0 aliphatic rings. The van der Waals surface area contributed by atoms with Gasteiger partial charge in [-0.05, 0) is 44.0 Å². The van der Waals surface area contributed by atoms with Crippen molar-refractivity contribution < 1.29 is 9.53 Å². The van der Waals surface area contributed by atoms with Gasteiger partial charge in [0.05, 0.1) is 15.7 Å². The highest BCUT2D eigenvalue weighted by atomic mass is 35.5. The van der Waals surface area contributed by atoms with E-state index in [0.717, 1.165) is 28.2 Å². The van der Waals surface area contributed by atoms with Gasteiger partial charge in [-0.3, -0.25) is 4.79 Å². The number of carbonyl (C=O) groups is 1. The fourth-order valence-electron chi connectivity index (χ4n) is 2.63. The number of thiazole rings is 1. The molecule has 0 saturated heterocycles. The molecule has 3 rings (SSSR count). The van der Waals surface area contributed by atoms with E-state index in [-0.39, 0.29) is 5.91 Å². The van der Waals surface area contributed by atoms with Crippen LogP contribution in [0.15, 0.2) is 47.8 Å². The van der Waals surface area contributed by atoms with E-state index in [1.54, 1.807) is 36.5 Å². The van der Waals surface area contributed by atoms with Crippen molar-refractivity contribution in [3.8, 4) is 17.0 Å². The summed E-state index contributed by atoms with van der Waals surface area (Å²) in [5.74, 6) is 0.238. The summed E-state index contributed by atoms with van der Waals surface area (Å²) >= 11 is 13.6. The van der Waals surface area contributed by atoms with Crippen LogP contribution in [0.3, 0.4) is 0 Å². The molecule has 3 aromatic rings. The first-order valence-corrected chi connectivity index (χ1v) is 10.5. The van der Waals surface area contributed by atoms with Gasteiger partial charge in [-0.1, -0.05) is 47.5 Å². The number of nitrogens with one attached hydrogen (secondary N) is 1. The minimum atomic E-state index is -0.658. The average molecular weight is 435 g/mol. The van der Waals surface area contributed by atoms with Crippen molar-refractivity contribution in [1.82, 2.24) is 10.3 Å². The Balaban J connectivity index is 1.48. The molecule has 0 bridgehead atoms. The van der Waals surface area contributed by atoms with Gasteiger partial charge in [-0.25, -0.2) is 4.98 Å². The average Bonchev–Trinajstić information content (AvgIpc) is 3.10. The first-order chi connectivity index (χ1) is 13.4. The topological polar surface area (TPSA) is 51.2 Å². The van der Waals surface area contributed by atoms with Crippen molar-refractivity contribution >= 4 is 40.4 Å². The van der Waals surface area contributed by atoms with E-state index in [0.29, 0.717) is 22.3 Å². The van der Waals surface area contributed by atoms with Crippen molar-refractivity contribution in [1.29, 1.82) is 0 Å². The molecule has 0 saturated carbocycles. The van der Waals surface area contributed by atoms with E-state index >= 15 is 0 Å². The summed E-state index contributed by atoms with van der Waals surface area (Å²) < 4.78 is 5.62. The van der Waals surface area contributed by atoms with Crippen molar-refractivity contribution in [2.45, 2.75) is 26.4 Å². The van der Waals surface area contributed by atoms with Gasteiger partial charge < -0.3 is 10.1 Å². The van der Waals surface area contributed by atoms with Gasteiger partial charge in [0.15, 0.2) is 6.10 Å². The molecule has 0 radical (unpaired) electrons. The minimum Gasteiger partial charge on any atom is -0.479 e. The maximum absolute atomic E-state index is 12.2. The zero-order valence-electron chi connectivity index (χ0n) is 15.5. The number of aryl methyl sites for hydroxylation is 1. The molecule has 1 heterocycles. The van der Waals surface area contributed by atoms with E-state index in [4.69, 9.17) is 27.9 Å². The number of nitrogens with zero attached hydrogens (tertiary/aromatic N) is 1. The number of hydrogen-bond donors (Lipinski definition) is 1. The molecule has 0 aliphatic carbocycles. The quantitative estimate of drug-likeness (QED) is 0.529. The summed E-state index contributed by atoms with van der Waals surface area (Å²) in [6, 6.07) is 13.1. The van der Waals surface area contributed by atoms with Crippen LogP contribution in [0.25, 0.3) is 11.3 Å². The van der Waals surface area contributed by atoms with E-state index in [9.17, 15) is 4.79 Å². The maximum atomic E-state index is 12.2. The third-order valence-corrected chi connectivity index (χ3v) is 5.45. The summed E-state index contributed by atoms with van der Waals surface area (Å²) in [7, 11) is 0. The standard InChI is InChI=1S/C21H20Cl2N2O2S/c1-13(27-20-8-7-17(22)11-18(20)23)21(26)24-10-9-15-3-5-16(6-4-15)19-12-28-14(2)25-19/h3-8,11-13H,9-10H2,1-2H3,(H,24,26). The van der Waals surface area contributed by atoms with Gasteiger partial charge in [0.2, 0.25) is 0 Å². The molecule has 28 heavy (non-hydrogen) atoms. The van der Waals surface area contributed by atoms with Crippen molar-refractivity contribution in [2.75, 3.05) is 6.54 Å². The normalized spacial score (nSPS) is 11.9. The van der Waals surface area contributed by atoms with E-state index in [2.05, 4.69) is 39.9 Å². The van der Waals surface area contributed by atoms with Crippen LogP contribution in [0.1, 0.15) is 17.5 Å². The molecule has 1 aromatic heterocycles. The Bertz CT molecular complexity index is 957. The lowest BCUT2D eigenvalue weighted by Crippen LogP contribution is -2.37. The number of amides is 1. The summed E-state index contributed by atoms with van der Waals surface area (Å²) in [4.78, 5) is 16.7. The molecule has 4 nitrogen and oxygen atoms in total. The Morgan fingerprint density at radius 3 is 2.61 bits per heavy atom. The highest BCUT2D eigenvalue weighted by Gasteiger charge is 2.15. The number of carbonyl (C=O) groups excluding carboxylic acids is 1. The summed E-state index contributed by atoms with van der Waals surface area (Å²) in [5.41, 5.74) is 3.23. The number of benzene rings is 2. The van der Waals surface area contributed by atoms with Crippen LogP contribution in [0, 0.1) is 6.92 Å². The van der Waals surface area contributed by atoms with Crippen LogP contribution in [0.4, 0.5) is 0 Å². The highest BCUT2D eigenvalue weighted by molar-refractivity contribution is 7.09. The largest absolute Gasteiger partial charge is 0.479 e. The number of ether oxygens (including phenoxy) is 1. The van der Waals surface area contributed by atoms with Gasteiger partial charge in [0, 0.05) is 22.5 Å². The minimum absolute atomic E-state index is 0.194. The van der Waals surface area contributed by atoms with Gasteiger partial charge in [0.25, 0.3) is 5.91 Å². The maximum Gasteiger partial charge on any atom is 0.260 e. The second-order valence-corrected chi connectivity index (χ2v) is 8.23. The SMILES string of the molecule is Cc1nc(-c2ccc(CCNC(=O)C(C)Oc3ccc(Cl)cc3Cl)cc2)cs1. The smallest absolute Gasteiger partial charge is 0.260 e. The summed E-state index contributed by atoms with van der Waals surface area (Å²) in [6.07, 6.45) is 0.0743. The Morgan fingerprint density at radius 1 is 1.21 bits per heavy atom. The van der Waals surface area contributed by atoms with Gasteiger partial charge in [-0.2, -0.15) is 0 Å². The Labute approximate surface area is 178 Å². The number of aromatic nitrogens is 1. The zero-order chi connectivity index (χ0) is 20.1. The Kier molecular flexibility index (Phi) is 6.94. The second-order valence-electron chi connectivity index (χ2n) is 6.32. The molecule has 146 valence electrons. The van der Waals surface area contributed by atoms with Crippen molar-refractivity contribution in [3.05, 3.63) is 68.5 Å². The van der Waals surface area contributed by atoms with E-state index in [1.807, 2.05) is 6.92 Å². The monoisotopic (exact) mass is 434 g/mol. The molecule has 1 amide bonds. The third-order valence-electron chi connectivity index (χ3n) is 4.15. The molecule has 0 aliphatic heterocycles. The number of hydrogen-bond acceptors (Lipinski definition) is 4. The lowest BCUT2D eigenvalue weighted by atomic mass is 10.1. The predicted molar refractivity (Wildman–Crippen MR) is 116 cm³/mol. The second kappa shape index (κ2) is 9.41. The van der Waals surface area contributed by atoms with Crippen LogP contribution >= 0.6 is 34.5 Å². The number of halogens is 2. The van der Waals surface area contributed by atoms with Crippen LogP contribution in [0.2, 0.25) is 10.0 Å².